The fraction of sp³-hybridized carbons (Fsp3) is 0. The van der Waals surface area contributed by atoms with Crippen LogP contribution in [-0.4, -0.2) is 64.9 Å². The van der Waals surface area contributed by atoms with Crippen LogP contribution in [0.2, 0.25) is 0 Å². The number of hydrogen-bond donors (Lipinski definition) is 1. The zero-order valence-corrected chi connectivity index (χ0v) is 15.5. The van der Waals surface area contributed by atoms with Crippen molar-refractivity contribution in [1.29, 1.82) is 0 Å². The fourth-order valence-corrected chi connectivity index (χ4v) is 15.1. The molecule has 17 heavy (non-hydrogen) atoms. The van der Waals surface area contributed by atoms with Crippen molar-refractivity contribution in [2.75, 3.05) is 0 Å². The van der Waals surface area contributed by atoms with Crippen LogP contribution in [0, 0.1) is 0 Å². The van der Waals surface area contributed by atoms with Gasteiger partial charge in [0.05, 0.1) is 0 Å². The number of hydrogen-bond acceptors (Lipinski definition) is 1. The first-order valence-corrected chi connectivity index (χ1v) is 12.1. The molecule has 1 N–H and O–H groups in total. The molecule has 0 saturated carbocycles. The van der Waals surface area contributed by atoms with E-state index in [-0.39, 0.29) is 0 Å². The average molecular weight is 484 g/mol. The molecule has 86 valence electrons. The molecule has 0 aromatic heterocycles. The summed E-state index contributed by atoms with van der Waals surface area (Å²) in [5.74, 6) is 0.357. The Labute approximate surface area is 125 Å². The summed E-state index contributed by atoms with van der Waals surface area (Å²) in [6, 6.07) is 7.65. The SMILES string of the molecule is Oc1ccc(C2=C[Se]C(=C3[Se]C=C[Se]3)[Se]2)cc1. The predicted octanol–water partition coefficient (Wildman–Crippen LogP) is 1.13. The van der Waals surface area contributed by atoms with Crippen molar-refractivity contribution < 1.29 is 5.11 Å². The summed E-state index contributed by atoms with van der Waals surface area (Å²) in [4.78, 5) is 7.19. The van der Waals surface area contributed by atoms with E-state index < -0.39 is 0 Å². The monoisotopic (exact) mass is 488 g/mol. The molecule has 3 rings (SSSR count). The second kappa shape index (κ2) is 5.53. The third kappa shape index (κ3) is 2.84. The first-order valence-electron chi connectivity index (χ1n) is 4.89. The average Bonchev–Trinajstić information content (AvgIpc) is 3.00. The molecule has 0 spiro atoms. The molecule has 5 heteroatoms. The number of phenolic OH excluding ortho intramolecular Hbond substituents is 1. The van der Waals surface area contributed by atoms with E-state index in [1.807, 2.05) is 12.1 Å². The van der Waals surface area contributed by atoms with Crippen molar-refractivity contribution in [3.05, 3.63) is 51.5 Å². The minimum absolute atomic E-state index is 0.357. The van der Waals surface area contributed by atoms with Crippen LogP contribution in [0.25, 0.3) is 4.47 Å². The normalized spacial score (nSPS) is 18.9. The van der Waals surface area contributed by atoms with E-state index in [4.69, 9.17) is 0 Å². The van der Waals surface area contributed by atoms with Gasteiger partial charge in [-0.05, 0) is 0 Å². The molecular weight excluding hydrogens is 476 g/mol. The van der Waals surface area contributed by atoms with Crippen LogP contribution >= 0.6 is 0 Å². The zero-order chi connectivity index (χ0) is 11.7. The first kappa shape index (κ1) is 12.4. The predicted molar refractivity (Wildman–Crippen MR) is 75.3 cm³/mol. The molecule has 0 fully saturated rings. The van der Waals surface area contributed by atoms with Gasteiger partial charge in [0.25, 0.3) is 0 Å². The number of phenols is 1. The maximum atomic E-state index is 9.30. The van der Waals surface area contributed by atoms with Crippen molar-refractivity contribution in [2.45, 2.75) is 0 Å². The molecule has 2 aliphatic heterocycles. The van der Waals surface area contributed by atoms with E-state index in [0.717, 1.165) is 0 Å². The topological polar surface area (TPSA) is 20.2 Å². The molecule has 0 amide bonds. The fourth-order valence-electron chi connectivity index (χ4n) is 1.40. The van der Waals surface area contributed by atoms with E-state index in [9.17, 15) is 5.11 Å². The molecular formula is C12H8OSe4. The van der Waals surface area contributed by atoms with Crippen LogP contribution in [0.3, 0.4) is 0 Å². The summed E-state index contributed by atoms with van der Waals surface area (Å²) >= 11 is 2.47. The quantitative estimate of drug-likeness (QED) is 0.594. The van der Waals surface area contributed by atoms with Gasteiger partial charge in [-0.1, -0.05) is 0 Å². The van der Waals surface area contributed by atoms with Crippen molar-refractivity contribution >= 4 is 64.3 Å². The maximum absolute atomic E-state index is 9.30. The Morgan fingerprint density at radius 2 is 1.53 bits per heavy atom. The molecule has 1 nitrogen and oxygen atoms in total. The molecule has 1 aromatic carbocycles. The van der Waals surface area contributed by atoms with Crippen LogP contribution in [0.4, 0.5) is 0 Å². The Morgan fingerprint density at radius 3 is 2.24 bits per heavy atom. The van der Waals surface area contributed by atoms with Gasteiger partial charge in [0.1, 0.15) is 0 Å². The van der Waals surface area contributed by atoms with Gasteiger partial charge in [-0.2, -0.15) is 0 Å². The summed E-state index contributed by atoms with van der Waals surface area (Å²) < 4.78 is 5.08. The Bertz CT molecular complexity index is 518. The van der Waals surface area contributed by atoms with Gasteiger partial charge < -0.3 is 0 Å². The van der Waals surface area contributed by atoms with E-state index >= 15 is 0 Å². The first-order chi connectivity index (χ1) is 8.33. The van der Waals surface area contributed by atoms with Gasteiger partial charge in [-0.15, -0.1) is 0 Å². The Balaban J connectivity index is 1.79. The molecule has 0 aliphatic carbocycles. The number of aromatic hydroxyl groups is 1. The summed E-state index contributed by atoms with van der Waals surface area (Å²) in [7, 11) is 0. The van der Waals surface area contributed by atoms with Crippen LogP contribution < -0.4 is 0 Å². The van der Waals surface area contributed by atoms with Gasteiger partial charge in [-0.3, -0.25) is 0 Å². The standard InChI is InChI=1S/C12H8OSe4/c13-9-3-1-8(2-4-9)10-7-16-12(17-10)11-14-5-6-15-11/h1-7,13H. The third-order valence-electron chi connectivity index (χ3n) is 2.20. The second-order valence-electron chi connectivity index (χ2n) is 3.33. The van der Waals surface area contributed by atoms with Gasteiger partial charge in [0.2, 0.25) is 0 Å². The van der Waals surface area contributed by atoms with E-state index in [1.54, 1.807) is 18.9 Å². The van der Waals surface area contributed by atoms with Gasteiger partial charge >= 0.3 is 127 Å². The Morgan fingerprint density at radius 1 is 0.824 bits per heavy atom. The molecule has 2 aliphatic rings. The van der Waals surface area contributed by atoms with Crippen LogP contribution in [0.5, 0.6) is 5.75 Å². The summed E-state index contributed by atoms with van der Waals surface area (Å²) in [5.41, 5.74) is 1.30. The van der Waals surface area contributed by atoms with Gasteiger partial charge in [-0.25, -0.2) is 0 Å². The minimum atomic E-state index is 0.357. The summed E-state index contributed by atoms with van der Waals surface area (Å²) in [5, 5.41) is 9.30. The Hall–Kier alpha value is 0.318. The van der Waals surface area contributed by atoms with Crippen LogP contribution in [0.15, 0.2) is 45.9 Å². The van der Waals surface area contributed by atoms with E-state index in [1.165, 1.54) is 10.0 Å². The van der Waals surface area contributed by atoms with Crippen molar-refractivity contribution in [2.24, 2.45) is 0 Å². The number of benzene rings is 1. The molecule has 0 atom stereocenters. The molecule has 0 unspecified atom stereocenters. The second-order valence-corrected chi connectivity index (χ2v) is 13.8. The summed E-state index contributed by atoms with van der Waals surface area (Å²) in [6.07, 6.45) is 0. The van der Waals surface area contributed by atoms with Gasteiger partial charge in [0.15, 0.2) is 0 Å². The molecule has 1 aromatic rings. The molecule has 0 saturated heterocycles. The van der Waals surface area contributed by atoms with Crippen molar-refractivity contribution in [3.63, 3.8) is 0 Å². The molecule has 0 bridgehead atoms. The third-order valence-corrected chi connectivity index (χ3v) is 17.0. The molecule has 0 radical (unpaired) electrons. The van der Waals surface area contributed by atoms with Crippen LogP contribution in [-0.2, 0) is 0 Å². The molecule has 2 heterocycles. The van der Waals surface area contributed by atoms with Crippen LogP contribution in [0.1, 0.15) is 5.56 Å². The van der Waals surface area contributed by atoms with E-state index in [0.29, 0.717) is 65.6 Å². The van der Waals surface area contributed by atoms with Crippen molar-refractivity contribution in [3.8, 4) is 5.75 Å². The summed E-state index contributed by atoms with van der Waals surface area (Å²) in [6.45, 7) is 0. The van der Waals surface area contributed by atoms with Crippen molar-refractivity contribution in [1.82, 2.24) is 0 Å². The number of rotatable bonds is 1. The zero-order valence-electron chi connectivity index (χ0n) is 8.62. The van der Waals surface area contributed by atoms with E-state index in [2.05, 4.69) is 14.9 Å². The van der Waals surface area contributed by atoms with Gasteiger partial charge in [0, 0.05) is 0 Å². The Kier molecular flexibility index (Phi) is 4.02.